The SMILES string of the molecule is CC(C)OCCCCCC=O. The zero-order valence-electron chi connectivity index (χ0n) is 7.51. The Bertz CT molecular complexity index is 89.6. The first kappa shape index (κ1) is 10.6. The van der Waals surface area contributed by atoms with Crippen molar-refractivity contribution in [3.8, 4) is 0 Å². The summed E-state index contributed by atoms with van der Waals surface area (Å²) in [7, 11) is 0. The first-order valence-electron chi connectivity index (χ1n) is 4.32. The van der Waals surface area contributed by atoms with E-state index in [0.29, 0.717) is 12.5 Å². The summed E-state index contributed by atoms with van der Waals surface area (Å²) < 4.78 is 5.33. The average molecular weight is 158 g/mol. The Hall–Kier alpha value is -0.370. The molecule has 0 aromatic rings. The molecular formula is C9H18O2. The zero-order chi connectivity index (χ0) is 8.53. The maximum absolute atomic E-state index is 9.91. The summed E-state index contributed by atoms with van der Waals surface area (Å²) in [5, 5.41) is 0. The minimum absolute atomic E-state index is 0.334. The molecule has 0 fully saturated rings. The van der Waals surface area contributed by atoms with Crippen molar-refractivity contribution in [2.75, 3.05) is 6.61 Å². The maximum atomic E-state index is 9.91. The molecule has 0 saturated carbocycles. The molecule has 0 atom stereocenters. The van der Waals surface area contributed by atoms with Crippen molar-refractivity contribution in [3.05, 3.63) is 0 Å². The highest BCUT2D eigenvalue weighted by Crippen LogP contribution is 1.99. The van der Waals surface area contributed by atoms with Gasteiger partial charge in [-0.25, -0.2) is 0 Å². The molecule has 0 heterocycles. The van der Waals surface area contributed by atoms with Gasteiger partial charge in [0.05, 0.1) is 6.10 Å². The highest BCUT2D eigenvalue weighted by Gasteiger charge is 1.92. The molecule has 0 radical (unpaired) electrons. The smallest absolute Gasteiger partial charge is 0.119 e. The number of aldehydes is 1. The number of rotatable bonds is 7. The zero-order valence-corrected chi connectivity index (χ0v) is 7.51. The van der Waals surface area contributed by atoms with Gasteiger partial charge in [-0.05, 0) is 26.7 Å². The van der Waals surface area contributed by atoms with Crippen LogP contribution < -0.4 is 0 Å². The molecule has 0 aliphatic carbocycles. The van der Waals surface area contributed by atoms with Crippen LogP contribution in [0.5, 0.6) is 0 Å². The molecule has 0 aliphatic rings. The number of hydrogen-bond donors (Lipinski definition) is 0. The van der Waals surface area contributed by atoms with Crippen LogP contribution in [0.15, 0.2) is 0 Å². The lowest BCUT2D eigenvalue weighted by molar-refractivity contribution is -0.107. The Labute approximate surface area is 68.9 Å². The second kappa shape index (κ2) is 7.73. The average Bonchev–Trinajstić information content (AvgIpc) is 1.96. The van der Waals surface area contributed by atoms with Crippen LogP contribution in [0.3, 0.4) is 0 Å². The number of hydrogen-bond acceptors (Lipinski definition) is 2. The molecule has 0 N–H and O–H groups in total. The fourth-order valence-corrected chi connectivity index (χ4v) is 0.826. The third-order valence-electron chi connectivity index (χ3n) is 1.42. The molecule has 0 aliphatic heterocycles. The summed E-state index contributed by atoms with van der Waals surface area (Å²) >= 11 is 0. The van der Waals surface area contributed by atoms with E-state index >= 15 is 0 Å². The first-order chi connectivity index (χ1) is 5.27. The van der Waals surface area contributed by atoms with Crippen LogP contribution in [0.1, 0.15) is 39.5 Å². The lowest BCUT2D eigenvalue weighted by Crippen LogP contribution is -2.03. The lowest BCUT2D eigenvalue weighted by atomic mass is 10.2. The summed E-state index contributed by atoms with van der Waals surface area (Å²) in [6.45, 7) is 4.90. The summed E-state index contributed by atoms with van der Waals surface area (Å²) in [6.07, 6.45) is 5.19. The van der Waals surface area contributed by atoms with E-state index in [9.17, 15) is 4.79 Å². The molecule has 0 aromatic carbocycles. The Kier molecular flexibility index (Phi) is 7.47. The normalized spacial score (nSPS) is 10.5. The van der Waals surface area contributed by atoms with Crippen LogP contribution in [0.25, 0.3) is 0 Å². The van der Waals surface area contributed by atoms with E-state index in [4.69, 9.17) is 4.74 Å². The molecule has 0 aromatic heterocycles. The van der Waals surface area contributed by atoms with E-state index in [0.717, 1.165) is 32.2 Å². The van der Waals surface area contributed by atoms with Gasteiger partial charge >= 0.3 is 0 Å². The van der Waals surface area contributed by atoms with Crippen molar-refractivity contribution in [1.82, 2.24) is 0 Å². The fourth-order valence-electron chi connectivity index (χ4n) is 0.826. The van der Waals surface area contributed by atoms with Crippen molar-refractivity contribution in [2.24, 2.45) is 0 Å². The maximum Gasteiger partial charge on any atom is 0.119 e. The second-order valence-electron chi connectivity index (χ2n) is 2.94. The number of ether oxygens (including phenoxy) is 1. The molecule has 2 heteroatoms. The lowest BCUT2D eigenvalue weighted by Gasteiger charge is -2.05. The molecule has 0 unspecified atom stereocenters. The highest BCUT2D eigenvalue weighted by atomic mass is 16.5. The molecule has 66 valence electrons. The topological polar surface area (TPSA) is 26.3 Å². The molecule has 2 nitrogen and oxygen atoms in total. The van der Waals surface area contributed by atoms with Gasteiger partial charge in [-0.3, -0.25) is 0 Å². The standard InChI is InChI=1S/C9H18O2/c1-9(2)11-8-6-4-3-5-7-10/h7,9H,3-6,8H2,1-2H3. The van der Waals surface area contributed by atoms with Crippen molar-refractivity contribution in [1.29, 1.82) is 0 Å². The highest BCUT2D eigenvalue weighted by molar-refractivity contribution is 5.48. The minimum atomic E-state index is 0.334. The minimum Gasteiger partial charge on any atom is -0.379 e. The van der Waals surface area contributed by atoms with Crippen LogP contribution in [-0.2, 0) is 9.53 Å². The van der Waals surface area contributed by atoms with E-state index in [1.54, 1.807) is 0 Å². The van der Waals surface area contributed by atoms with Gasteiger partial charge in [0.25, 0.3) is 0 Å². The number of carbonyl (C=O) groups is 1. The van der Waals surface area contributed by atoms with E-state index in [-0.39, 0.29) is 0 Å². The summed E-state index contributed by atoms with van der Waals surface area (Å²) in [6, 6.07) is 0. The molecular weight excluding hydrogens is 140 g/mol. The number of unbranched alkanes of at least 4 members (excludes halogenated alkanes) is 3. The van der Waals surface area contributed by atoms with Gasteiger partial charge in [0.15, 0.2) is 0 Å². The van der Waals surface area contributed by atoms with Crippen molar-refractivity contribution in [3.63, 3.8) is 0 Å². The van der Waals surface area contributed by atoms with Gasteiger partial charge in [0.1, 0.15) is 6.29 Å². The summed E-state index contributed by atoms with van der Waals surface area (Å²) in [4.78, 5) is 9.91. The fraction of sp³-hybridized carbons (Fsp3) is 0.889. The van der Waals surface area contributed by atoms with Gasteiger partial charge in [-0.2, -0.15) is 0 Å². The summed E-state index contributed by atoms with van der Waals surface area (Å²) in [5.41, 5.74) is 0. The molecule has 0 amide bonds. The largest absolute Gasteiger partial charge is 0.379 e. The second-order valence-corrected chi connectivity index (χ2v) is 2.94. The third kappa shape index (κ3) is 9.63. The predicted molar refractivity (Wildman–Crippen MR) is 45.6 cm³/mol. The van der Waals surface area contributed by atoms with Crippen LogP contribution in [-0.4, -0.2) is 19.0 Å². The molecule has 0 spiro atoms. The molecule has 0 rings (SSSR count). The monoisotopic (exact) mass is 158 g/mol. The van der Waals surface area contributed by atoms with E-state index < -0.39 is 0 Å². The van der Waals surface area contributed by atoms with Crippen molar-refractivity contribution >= 4 is 6.29 Å². The molecule has 0 saturated heterocycles. The summed E-state index contributed by atoms with van der Waals surface area (Å²) in [5.74, 6) is 0. The van der Waals surface area contributed by atoms with Crippen LogP contribution >= 0.6 is 0 Å². The van der Waals surface area contributed by atoms with E-state index in [1.807, 2.05) is 13.8 Å². The Morgan fingerprint density at radius 3 is 2.55 bits per heavy atom. The van der Waals surface area contributed by atoms with Gasteiger partial charge < -0.3 is 9.53 Å². The van der Waals surface area contributed by atoms with Crippen LogP contribution in [0.4, 0.5) is 0 Å². The Balaban J connectivity index is 2.85. The van der Waals surface area contributed by atoms with Crippen molar-refractivity contribution < 1.29 is 9.53 Å². The number of carbonyl (C=O) groups excluding carboxylic acids is 1. The first-order valence-corrected chi connectivity index (χ1v) is 4.32. The predicted octanol–water partition coefficient (Wildman–Crippen LogP) is 2.17. The van der Waals surface area contributed by atoms with Gasteiger partial charge in [-0.1, -0.05) is 6.42 Å². The van der Waals surface area contributed by atoms with Crippen LogP contribution in [0.2, 0.25) is 0 Å². The van der Waals surface area contributed by atoms with E-state index in [1.165, 1.54) is 0 Å². The molecule has 11 heavy (non-hydrogen) atoms. The quantitative estimate of drug-likeness (QED) is 0.419. The van der Waals surface area contributed by atoms with Crippen LogP contribution in [0, 0.1) is 0 Å². The molecule has 0 bridgehead atoms. The van der Waals surface area contributed by atoms with E-state index in [2.05, 4.69) is 0 Å². The van der Waals surface area contributed by atoms with Crippen molar-refractivity contribution in [2.45, 2.75) is 45.6 Å². The van der Waals surface area contributed by atoms with Gasteiger partial charge in [-0.15, -0.1) is 0 Å². The Morgan fingerprint density at radius 1 is 1.27 bits per heavy atom. The Morgan fingerprint density at radius 2 is 2.00 bits per heavy atom. The third-order valence-corrected chi connectivity index (χ3v) is 1.42. The van der Waals surface area contributed by atoms with Gasteiger partial charge in [0, 0.05) is 13.0 Å². The van der Waals surface area contributed by atoms with Gasteiger partial charge in [0.2, 0.25) is 0 Å².